The lowest BCUT2D eigenvalue weighted by Gasteiger charge is -2.00. The van der Waals surface area contributed by atoms with Crippen LogP contribution in [-0.2, 0) is 0 Å². The Labute approximate surface area is 63.5 Å². The first-order valence-electron chi connectivity index (χ1n) is 3.05. The van der Waals surface area contributed by atoms with Crippen LogP contribution in [0.3, 0.4) is 0 Å². The number of aliphatic hydroxyl groups is 1. The lowest BCUT2D eigenvalue weighted by atomic mass is 10.1. The van der Waals surface area contributed by atoms with Gasteiger partial charge < -0.3 is 10.8 Å². The fourth-order valence-corrected chi connectivity index (χ4v) is 1.31. The molecule has 0 aromatic carbocycles. The lowest BCUT2D eigenvalue weighted by Crippen LogP contribution is -1.99. The number of hydrogen-bond acceptors (Lipinski definition) is 4. The number of aliphatic hydroxyl groups excluding tert-OH is 1. The minimum atomic E-state index is 0.105. The summed E-state index contributed by atoms with van der Waals surface area (Å²) < 4.78 is 0. The zero-order valence-corrected chi connectivity index (χ0v) is 6.56. The molecule has 56 valence electrons. The normalized spacial score (nSPS) is 13.4. The molecule has 10 heavy (non-hydrogen) atoms. The molecule has 1 aromatic rings. The number of thiazole rings is 1. The van der Waals surface area contributed by atoms with Crippen molar-refractivity contribution in [2.75, 3.05) is 12.3 Å². The highest BCUT2D eigenvalue weighted by Gasteiger charge is 2.06. The van der Waals surface area contributed by atoms with E-state index in [1.54, 1.807) is 0 Å². The molecule has 0 bridgehead atoms. The van der Waals surface area contributed by atoms with Crippen molar-refractivity contribution in [3.63, 3.8) is 0 Å². The van der Waals surface area contributed by atoms with Crippen LogP contribution in [0.25, 0.3) is 0 Å². The van der Waals surface area contributed by atoms with Gasteiger partial charge in [-0.15, -0.1) is 11.3 Å². The molecule has 0 radical (unpaired) electrons. The van der Waals surface area contributed by atoms with Crippen LogP contribution in [-0.4, -0.2) is 16.7 Å². The highest BCUT2D eigenvalue weighted by molar-refractivity contribution is 7.13. The van der Waals surface area contributed by atoms with Crippen molar-refractivity contribution in [1.29, 1.82) is 0 Å². The maximum Gasteiger partial charge on any atom is 0.180 e. The first-order valence-corrected chi connectivity index (χ1v) is 3.93. The Morgan fingerprint density at radius 2 is 2.60 bits per heavy atom. The van der Waals surface area contributed by atoms with Crippen LogP contribution in [0.2, 0.25) is 0 Å². The van der Waals surface area contributed by atoms with E-state index in [9.17, 15) is 0 Å². The molecule has 3 nitrogen and oxygen atoms in total. The summed E-state index contributed by atoms with van der Waals surface area (Å²) in [6.45, 7) is 2.04. The quantitative estimate of drug-likeness (QED) is 0.670. The molecule has 0 aliphatic carbocycles. The summed E-state index contributed by atoms with van der Waals surface area (Å²) in [5.74, 6) is 0.105. The molecule has 0 amide bonds. The van der Waals surface area contributed by atoms with Gasteiger partial charge in [-0.3, -0.25) is 0 Å². The van der Waals surface area contributed by atoms with Crippen LogP contribution >= 0.6 is 11.3 Å². The van der Waals surface area contributed by atoms with Crippen molar-refractivity contribution in [1.82, 2.24) is 4.98 Å². The standard InChI is InChI=1S/C6H10N2OS/c1-4(2-9)5-3-10-6(7)8-5/h3-4,9H,2H2,1H3,(H2,7,8). The Kier molecular flexibility index (Phi) is 2.24. The van der Waals surface area contributed by atoms with Gasteiger partial charge in [0.1, 0.15) is 0 Å². The number of rotatable bonds is 2. The molecular weight excluding hydrogens is 148 g/mol. The van der Waals surface area contributed by atoms with E-state index < -0.39 is 0 Å². The third-order valence-electron chi connectivity index (χ3n) is 1.32. The SMILES string of the molecule is CC(CO)c1csc(N)n1. The first-order chi connectivity index (χ1) is 4.74. The number of nitrogens with zero attached hydrogens (tertiary/aromatic N) is 1. The van der Waals surface area contributed by atoms with Gasteiger partial charge in [0.2, 0.25) is 0 Å². The fraction of sp³-hybridized carbons (Fsp3) is 0.500. The summed E-state index contributed by atoms with van der Waals surface area (Å²) in [6.07, 6.45) is 0. The average Bonchev–Trinajstić information content (AvgIpc) is 2.34. The maximum absolute atomic E-state index is 8.72. The van der Waals surface area contributed by atoms with E-state index in [0.29, 0.717) is 5.13 Å². The summed E-state index contributed by atoms with van der Waals surface area (Å²) in [6, 6.07) is 0. The van der Waals surface area contributed by atoms with E-state index in [2.05, 4.69) is 4.98 Å². The molecule has 0 saturated heterocycles. The van der Waals surface area contributed by atoms with Crippen molar-refractivity contribution >= 4 is 16.5 Å². The maximum atomic E-state index is 8.72. The second-order valence-electron chi connectivity index (χ2n) is 2.19. The summed E-state index contributed by atoms with van der Waals surface area (Å²) in [7, 11) is 0. The Morgan fingerprint density at radius 3 is 3.00 bits per heavy atom. The van der Waals surface area contributed by atoms with Crippen molar-refractivity contribution < 1.29 is 5.11 Å². The Bertz CT molecular complexity index is 211. The molecule has 1 atom stereocenters. The number of nitrogen functional groups attached to an aromatic ring is 1. The topological polar surface area (TPSA) is 59.1 Å². The molecular formula is C6H10N2OS. The summed E-state index contributed by atoms with van der Waals surface area (Å²) in [5.41, 5.74) is 6.28. The van der Waals surface area contributed by atoms with E-state index in [1.165, 1.54) is 11.3 Å². The lowest BCUT2D eigenvalue weighted by molar-refractivity contribution is 0.271. The molecule has 0 aliphatic heterocycles. The smallest absolute Gasteiger partial charge is 0.180 e. The van der Waals surface area contributed by atoms with Gasteiger partial charge in [-0.05, 0) is 0 Å². The summed E-state index contributed by atoms with van der Waals surface area (Å²) in [5, 5.41) is 11.2. The Morgan fingerprint density at radius 1 is 1.90 bits per heavy atom. The predicted octanol–water partition coefficient (Wildman–Crippen LogP) is 0.821. The fourth-order valence-electron chi connectivity index (χ4n) is 0.621. The summed E-state index contributed by atoms with van der Waals surface area (Å²) in [4.78, 5) is 4.02. The van der Waals surface area contributed by atoms with E-state index in [0.717, 1.165) is 5.69 Å². The molecule has 3 N–H and O–H groups in total. The largest absolute Gasteiger partial charge is 0.396 e. The van der Waals surface area contributed by atoms with Crippen molar-refractivity contribution in [3.05, 3.63) is 11.1 Å². The zero-order chi connectivity index (χ0) is 7.56. The molecule has 1 heterocycles. The van der Waals surface area contributed by atoms with Gasteiger partial charge in [0.25, 0.3) is 0 Å². The van der Waals surface area contributed by atoms with E-state index in [1.807, 2.05) is 12.3 Å². The second-order valence-corrected chi connectivity index (χ2v) is 3.08. The van der Waals surface area contributed by atoms with Crippen molar-refractivity contribution in [3.8, 4) is 0 Å². The van der Waals surface area contributed by atoms with Crippen LogP contribution in [0.5, 0.6) is 0 Å². The van der Waals surface area contributed by atoms with Crippen molar-refractivity contribution in [2.24, 2.45) is 0 Å². The van der Waals surface area contributed by atoms with Crippen LogP contribution in [0.15, 0.2) is 5.38 Å². The molecule has 4 heteroatoms. The molecule has 1 unspecified atom stereocenters. The van der Waals surface area contributed by atoms with Gasteiger partial charge in [-0.25, -0.2) is 4.98 Å². The van der Waals surface area contributed by atoms with Gasteiger partial charge in [-0.2, -0.15) is 0 Å². The number of nitrogens with two attached hydrogens (primary N) is 1. The third-order valence-corrected chi connectivity index (χ3v) is 2.01. The molecule has 0 spiro atoms. The van der Waals surface area contributed by atoms with Crippen LogP contribution < -0.4 is 5.73 Å². The van der Waals surface area contributed by atoms with Gasteiger partial charge in [0, 0.05) is 11.3 Å². The molecule has 1 aromatic heterocycles. The zero-order valence-electron chi connectivity index (χ0n) is 5.74. The second kappa shape index (κ2) is 2.98. The number of aromatic nitrogens is 1. The molecule has 0 fully saturated rings. The molecule has 0 aliphatic rings. The minimum absolute atomic E-state index is 0.105. The molecule has 1 rings (SSSR count). The highest BCUT2D eigenvalue weighted by atomic mass is 32.1. The summed E-state index contributed by atoms with van der Waals surface area (Å²) >= 11 is 1.40. The van der Waals surface area contributed by atoms with E-state index in [4.69, 9.17) is 10.8 Å². The average molecular weight is 158 g/mol. The number of hydrogen-bond donors (Lipinski definition) is 2. The van der Waals surface area contributed by atoms with Crippen LogP contribution in [0.1, 0.15) is 18.5 Å². The van der Waals surface area contributed by atoms with E-state index in [-0.39, 0.29) is 12.5 Å². The Hall–Kier alpha value is -0.610. The van der Waals surface area contributed by atoms with Crippen molar-refractivity contribution in [2.45, 2.75) is 12.8 Å². The van der Waals surface area contributed by atoms with Crippen LogP contribution in [0.4, 0.5) is 5.13 Å². The molecule has 0 saturated carbocycles. The predicted molar refractivity (Wildman–Crippen MR) is 42.0 cm³/mol. The van der Waals surface area contributed by atoms with E-state index >= 15 is 0 Å². The third kappa shape index (κ3) is 1.46. The van der Waals surface area contributed by atoms with Crippen LogP contribution in [0, 0.1) is 0 Å². The van der Waals surface area contributed by atoms with Gasteiger partial charge >= 0.3 is 0 Å². The van der Waals surface area contributed by atoms with Gasteiger partial charge in [0.05, 0.1) is 12.3 Å². The number of anilines is 1. The minimum Gasteiger partial charge on any atom is -0.396 e. The highest BCUT2D eigenvalue weighted by Crippen LogP contribution is 2.18. The monoisotopic (exact) mass is 158 g/mol. The van der Waals surface area contributed by atoms with Gasteiger partial charge in [-0.1, -0.05) is 6.92 Å². The Balaban J connectivity index is 2.74. The van der Waals surface area contributed by atoms with Gasteiger partial charge in [0.15, 0.2) is 5.13 Å². The first kappa shape index (κ1) is 7.50.